The van der Waals surface area contributed by atoms with E-state index in [9.17, 15) is 4.79 Å². The molecule has 1 unspecified atom stereocenters. The SMILES string of the molecule is O=C(Cn1cccn1)N1CCCC(N2CCCC2)C1. The molecule has 19 heavy (non-hydrogen) atoms. The molecule has 0 aromatic carbocycles. The van der Waals surface area contributed by atoms with E-state index >= 15 is 0 Å². The van der Waals surface area contributed by atoms with Crippen LogP contribution < -0.4 is 0 Å². The maximum absolute atomic E-state index is 12.3. The van der Waals surface area contributed by atoms with Gasteiger partial charge < -0.3 is 4.90 Å². The standard InChI is InChI=1S/C14H22N4O/c19-14(12-18-10-4-6-15-18)17-9-3-5-13(11-17)16-7-1-2-8-16/h4,6,10,13H,1-3,5,7-9,11-12H2. The van der Waals surface area contributed by atoms with Crippen molar-refractivity contribution >= 4 is 5.91 Å². The van der Waals surface area contributed by atoms with Crippen LogP contribution in [-0.4, -0.2) is 57.7 Å². The summed E-state index contributed by atoms with van der Waals surface area (Å²) in [5, 5.41) is 4.11. The molecule has 0 radical (unpaired) electrons. The molecule has 5 nitrogen and oxygen atoms in total. The third-order valence-corrected chi connectivity index (χ3v) is 4.26. The van der Waals surface area contributed by atoms with Crippen molar-refractivity contribution in [1.29, 1.82) is 0 Å². The number of nitrogens with zero attached hydrogens (tertiary/aromatic N) is 4. The van der Waals surface area contributed by atoms with Crippen molar-refractivity contribution in [2.75, 3.05) is 26.2 Å². The largest absolute Gasteiger partial charge is 0.340 e. The van der Waals surface area contributed by atoms with Gasteiger partial charge in [0.25, 0.3) is 0 Å². The highest BCUT2D eigenvalue weighted by Gasteiger charge is 2.29. The summed E-state index contributed by atoms with van der Waals surface area (Å²) in [5.41, 5.74) is 0. The van der Waals surface area contributed by atoms with Crippen LogP contribution in [0.25, 0.3) is 0 Å². The number of carbonyl (C=O) groups is 1. The van der Waals surface area contributed by atoms with Gasteiger partial charge in [-0.1, -0.05) is 0 Å². The van der Waals surface area contributed by atoms with Crippen molar-refractivity contribution < 1.29 is 4.79 Å². The van der Waals surface area contributed by atoms with E-state index in [1.807, 2.05) is 17.2 Å². The van der Waals surface area contributed by atoms with E-state index in [2.05, 4.69) is 10.00 Å². The van der Waals surface area contributed by atoms with Crippen LogP contribution in [0.4, 0.5) is 0 Å². The Morgan fingerprint density at radius 1 is 1.21 bits per heavy atom. The summed E-state index contributed by atoms with van der Waals surface area (Å²) < 4.78 is 1.71. The quantitative estimate of drug-likeness (QED) is 0.815. The second-order valence-corrected chi connectivity index (χ2v) is 5.58. The van der Waals surface area contributed by atoms with Gasteiger partial charge >= 0.3 is 0 Å². The van der Waals surface area contributed by atoms with E-state index in [0.717, 1.165) is 19.5 Å². The smallest absolute Gasteiger partial charge is 0.244 e. The van der Waals surface area contributed by atoms with Crippen LogP contribution in [0.3, 0.4) is 0 Å². The minimum atomic E-state index is 0.201. The van der Waals surface area contributed by atoms with Gasteiger partial charge in [0, 0.05) is 31.5 Å². The van der Waals surface area contributed by atoms with Gasteiger partial charge in [0.1, 0.15) is 6.54 Å². The van der Waals surface area contributed by atoms with Gasteiger partial charge in [0.05, 0.1) is 0 Å². The molecule has 0 spiro atoms. The predicted molar refractivity (Wildman–Crippen MR) is 72.6 cm³/mol. The van der Waals surface area contributed by atoms with Crippen molar-refractivity contribution in [3.8, 4) is 0 Å². The first-order chi connectivity index (χ1) is 9.33. The molecule has 2 fully saturated rings. The zero-order valence-corrected chi connectivity index (χ0v) is 11.4. The number of aromatic nitrogens is 2. The zero-order chi connectivity index (χ0) is 13.1. The van der Waals surface area contributed by atoms with E-state index in [4.69, 9.17) is 0 Å². The van der Waals surface area contributed by atoms with Gasteiger partial charge in [-0.3, -0.25) is 14.4 Å². The fraction of sp³-hybridized carbons (Fsp3) is 0.714. The lowest BCUT2D eigenvalue weighted by Gasteiger charge is -2.37. The molecule has 2 aliphatic heterocycles. The summed E-state index contributed by atoms with van der Waals surface area (Å²) >= 11 is 0. The molecule has 0 aliphatic carbocycles. The van der Waals surface area contributed by atoms with Gasteiger partial charge in [-0.25, -0.2) is 0 Å². The number of carbonyl (C=O) groups excluding carboxylic acids is 1. The van der Waals surface area contributed by atoms with Crippen molar-refractivity contribution in [2.45, 2.75) is 38.3 Å². The van der Waals surface area contributed by atoms with Crippen LogP contribution in [0.5, 0.6) is 0 Å². The average molecular weight is 262 g/mol. The molecule has 1 amide bonds. The molecule has 3 rings (SSSR count). The molecule has 2 saturated heterocycles. The number of hydrogen-bond donors (Lipinski definition) is 0. The van der Waals surface area contributed by atoms with Crippen molar-refractivity contribution in [2.24, 2.45) is 0 Å². The van der Waals surface area contributed by atoms with E-state index < -0.39 is 0 Å². The third-order valence-electron chi connectivity index (χ3n) is 4.26. The molecular formula is C14H22N4O. The molecule has 1 aromatic rings. The number of rotatable bonds is 3. The molecule has 0 N–H and O–H groups in total. The summed E-state index contributed by atoms with van der Waals surface area (Å²) in [7, 11) is 0. The van der Waals surface area contributed by atoms with Crippen LogP contribution in [0.15, 0.2) is 18.5 Å². The van der Waals surface area contributed by atoms with Gasteiger partial charge in [0.15, 0.2) is 0 Å². The van der Waals surface area contributed by atoms with Crippen LogP contribution in [0, 0.1) is 0 Å². The molecular weight excluding hydrogens is 240 g/mol. The number of hydrogen-bond acceptors (Lipinski definition) is 3. The molecule has 1 atom stereocenters. The normalized spacial score (nSPS) is 24.8. The van der Waals surface area contributed by atoms with E-state index in [0.29, 0.717) is 12.6 Å². The maximum Gasteiger partial charge on any atom is 0.244 e. The lowest BCUT2D eigenvalue weighted by atomic mass is 10.0. The molecule has 1 aromatic heterocycles. The van der Waals surface area contributed by atoms with Gasteiger partial charge in [-0.15, -0.1) is 0 Å². The van der Waals surface area contributed by atoms with Crippen LogP contribution >= 0.6 is 0 Å². The molecule has 0 saturated carbocycles. The Morgan fingerprint density at radius 2 is 2.05 bits per heavy atom. The van der Waals surface area contributed by atoms with E-state index in [-0.39, 0.29) is 5.91 Å². The monoisotopic (exact) mass is 262 g/mol. The highest BCUT2D eigenvalue weighted by atomic mass is 16.2. The maximum atomic E-state index is 12.3. The lowest BCUT2D eigenvalue weighted by molar-refractivity contribution is -0.134. The Balaban J connectivity index is 1.56. The number of amides is 1. The molecule has 5 heteroatoms. The van der Waals surface area contributed by atoms with Gasteiger partial charge in [-0.05, 0) is 44.8 Å². The second kappa shape index (κ2) is 5.74. The summed E-state index contributed by atoms with van der Waals surface area (Å²) in [6.45, 7) is 4.61. The molecule has 0 bridgehead atoms. The zero-order valence-electron chi connectivity index (χ0n) is 11.4. The Morgan fingerprint density at radius 3 is 2.79 bits per heavy atom. The van der Waals surface area contributed by atoms with E-state index in [1.165, 1.54) is 32.4 Å². The highest BCUT2D eigenvalue weighted by molar-refractivity contribution is 5.76. The first kappa shape index (κ1) is 12.7. The van der Waals surface area contributed by atoms with Gasteiger partial charge in [-0.2, -0.15) is 5.10 Å². The van der Waals surface area contributed by atoms with Crippen LogP contribution in [0.2, 0.25) is 0 Å². The highest BCUT2D eigenvalue weighted by Crippen LogP contribution is 2.20. The fourth-order valence-corrected chi connectivity index (χ4v) is 3.22. The summed E-state index contributed by atoms with van der Waals surface area (Å²) in [4.78, 5) is 16.9. The lowest BCUT2D eigenvalue weighted by Crippen LogP contribution is -2.49. The first-order valence-corrected chi connectivity index (χ1v) is 7.32. The molecule has 3 heterocycles. The summed E-state index contributed by atoms with van der Waals surface area (Å²) in [5.74, 6) is 0.201. The van der Waals surface area contributed by atoms with Crippen molar-refractivity contribution in [3.63, 3.8) is 0 Å². The minimum absolute atomic E-state index is 0.201. The van der Waals surface area contributed by atoms with Crippen LogP contribution in [0.1, 0.15) is 25.7 Å². The number of likely N-dealkylation sites (tertiary alicyclic amines) is 2. The topological polar surface area (TPSA) is 41.4 Å². The third kappa shape index (κ3) is 2.97. The number of piperidine rings is 1. The fourth-order valence-electron chi connectivity index (χ4n) is 3.22. The Hall–Kier alpha value is -1.36. The first-order valence-electron chi connectivity index (χ1n) is 7.32. The second-order valence-electron chi connectivity index (χ2n) is 5.58. The minimum Gasteiger partial charge on any atom is -0.340 e. The summed E-state index contributed by atoms with van der Waals surface area (Å²) in [6, 6.07) is 2.44. The Kier molecular flexibility index (Phi) is 3.82. The average Bonchev–Trinajstić information content (AvgIpc) is 3.12. The van der Waals surface area contributed by atoms with E-state index in [1.54, 1.807) is 10.9 Å². The van der Waals surface area contributed by atoms with Crippen molar-refractivity contribution in [1.82, 2.24) is 19.6 Å². The van der Waals surface area contributed by atoms with Crippen molar-refractivity contribution in [3.05, 3.63) is 18.5 Å². The Labute approximate surface area is 114 Å². The van der Waals surface area contributed by atoms with Crippen LogP contribution in [-0.2, 0) is 11.3 Å². The summed E-state index contributed by atoms with van der Waals surface area (Å²) in [6.07, 6.45) is 8.57. The predicted octanol–water partition coefficient (Wildman–Crippen LogP) is 0.970. The molecule has 2 aliphatic rings. The van der Waals surface area contributed by atoms with Gasteiger partial charge in [0.2, 0.25) is 5.91 Å². The Bertz CT molecular complexity index is 411. The molecule has 104 valence electrons.